The number of carboxylic acid groups (broad SMARTS) is 1. The van der Waals surface area contributed by atoms with Crippen LogP contribution in [-0.2, 0) is 36.9 Å². The predicted molar refractivity (Wildman–Crippen MR) is 135 cm³/mol. The standard InChI is InChI=1S/C27H23ClF2N2O7/c28-32(17-5-2-1-3-6-17)26(34)24-23(38-15-39-24)25(33)31-22(27(35)36)13-16-9-11-18(12-10-16)37-14-19-20(29)7-4-8-21(19)30/h1-12,22-24H,13-15H2,(H,31,33)(H,35,36)/t22?,23-,24-/m1/s1. The molecular formula is C27H23ClF2N2O7. The molecule has 4 rings (SSSR count). The van der Waals surface area contributed by atoms with Gasteiger partial charge in [-0.2, -0.15) is 0 Å². The average Bonchev–Trinajstić information content (AvgIpc) is 3.43. The summed E-state index contributed by atoms with van der Waals surface area (Å²) in [7, 11) is 0. The molecular weight excluding hydrogens is 538 g/mol. The molecule has 0 spiro atoms. The summed E-state index contributed by atoms with van der Waals surface area (Å²) < 4.78 is 44.3. The maximum absolute atomic E-state index is 13.8. The van der Waals surface area contributed by atoms with E-state index in [0.29, 0.717) is 17.0 Å². The van der Waals surface area contributed by atoms with Gasteiger partial charge in [0.1, 0.15) is 36.8 Å². The number of nitrogens with zero attached hydrogens (tertiary/aromatic N) is 1. The van der Waals surface area contributed by atoms with Gasteiger partial charge in [0.25, 0.3) is 11.8 Å². The topological polar surface area (TPSA) is 114 Å². The summed E-state index contributed by atoms with van der Waals surface area (Å²) >= 11 is 6.13. The van der Waals surface area contributed by atoms with Gasteiger partial charge in [0.2, 0.25) is 0 Å². The lowest BCUT2D eigenvalue weighted by molar-refractivity contribution is -0.144. The number of para-hydroxylation sites is 1. The number of anilines is 1. The summed E-state index contributed by atoms with van der Waals surface area (Å²) in [6.07, 6.45) is -2.91. The molecule has 1 saturated heterocycles. The number of benzene rings is 3. The lowest BCUT2D eigenvalue weighted by Gasteiger charge is -2.22. The summed E-state index contributed by atoms with van der Waals surface area (Å²) in [6, 6.07) is 16.5. The lowest BCUT2D eigenvalue weighted by atomic mass is 10.0. The Labute approximate surface area is 226 Å². The van der Waals surface area contributed by atoms with Crippen LogP contribution in [0.4, 0.5) is 14.5 Å². The van der Waals surface area contributed by atoms with E-state index >= 15 is 0 Å². The molecule has 2 N–H and O–H groups in total. The number of nitrogens with one attached hydrogen (secondary N) is 1. The van der Waals surface area contributed by atoms with E-state index in [1.165, 1.54) is 18.2 Å². The normalized spacial score (nSPS) is 17.3. The molecule has 1 fully saturated rings. The smallest absolute Gasteiger partial charge is 0.326 e. The maximum Gasteiger partial charge on any atom is 0.326 e. The van der Waals surface area contributed by atoms with Crippen molar-refractivity contribution in [2.45, 2.75) is 31.3 Å². The van der Waals surface area contributed by atoms with Gasteiger partial charge in [-0.1, -0.05) is 36.4 Å². The van der Waals surface area contributed by atoms with E-state index in [1.807, 2.05) is 0 Å². The van der Waals surface area contributed by atoms with Crippen molar-refractivity contribution in [3.63, 3.8) is 0 Å². The monoisotopic (exact) mass is 560 g/mol. The Balaban J connectivity index is 1.36. The Morgan fingerprint density at radius 1 is 0.974 bits per heavy atom. The number of carboxylic acids is 1. The number of rotatable bonds is 10. The number of aliphatic carboxylic acids is 1. The highest BCUT2D eigenvalue weighted by Gasteiger charge is 2.43. The molecule has 0 bridgehead atoms. The van der Waals surface area contributed by atoms with Gasteiger partial charge in [0, 0.05) is 18.2 Å². The first-order valence-electron chi connectivity index (χ1n) is 11.7. The first kappa shape index (κ1) is 28.0. The maximum atomic E-state index is 13.8. The molecule has 9 nitrogen and oxygen atoms in total. The van der Waals surface area contributed by atoms with Gasteiger partial charge < -0.3 is 24.6 Å². The number of hydrogen-bond donors (Lipinski definition) is 2. The van der Waals surface area contributed by atoms with Crippen LogP contribution in [-0.4, -0.2) is 47.9 Å². The molecule has 0 radical (unpaired) electrons. The van der Waals surface area contributed by atoms with Crippen molar-refractivity contribution >= 4 is 35.2 Å². The summed E-state index contributed by atoms with van der Waals surface area (Å²) in [5, 5.41) is 12.0. The van der Waals surface area contributed by atoms with E-state index in [-0.39, 0.29) is 25.4 Å². The van der Waals surface area contributed by atoms with Crippen LogP contribution in [0.2, 0.25) is 0 Å². The van der Waals surface area contributed by atoms with Gasteiger partial charge in [-0.25, -0.2) is 18.0 Å². The Morgan fingerprint density at radius 2 is 1.62 bits per heavy atom. The second kappa shape index (κ2) is 12.7. The molecule has 1 aliphatic rings. The third kappa shape index (κ3) is 6.88. The van der Waals surface area contributed by atoms with Crippen LogP contribution < -0.4 is 14.5 Å². The highest BCUT2D eigenvalue weighted by molar-refractivity contribution is 6.37. The van der Waals surface area contributed by atoms with E-state index in [2.05, 4.69) is 5.32 Å². The zero-order chi connectivity index (χ0) is 27.9. The van der Waals surface area contributed by atoms with E-state index in [1.54, 1.807) is 42.5 Å². The lowest BCUT2D eigenvalue weighted by Crippen LogP contribution is -2.52. The van der Waals surface area contributed by atoms with Crippen LogP contribution in [0.5, 0.6) is 5.75 Å². The third-order valence-corrected chi connectivity index (χ3v) is 6.23. The van der Waals surface area contributed by atoms with Crippen LogP contribution in [0.25, 0.3) is 0 Å². The van der Waals surface area contributed by atoms with E-state index in [9.17, 15) is 28.3 Å². The minimum Gasteiger partial charge on any atom is -0.489 e. The molecule has 3 atom stereocenters. The largest absolute Gasteiger partial charge is 0.489 e. The summed E-state index contributed by atoms with van der Waals surface area (Å²) in [5.41, 5.74) is 0.666. The zero-order valence-electron chi connectivity index (χ0n) is 20.3. The molecule has 12 heteroatoms. The molecule has 1 aliphatic heterocycles. The van der Waals surface area contributed by atoms with Crippen molar-refractivity contribution in [1.82, 2.24) is 5.32 Å². The molecule has 2 amide bonds. The molecule has 3 aromatic carbocycles. The third-order valence-electron chi connectivity index (χ3n) is 5.87. The second-order valence-electron chi connectivity index (χ2n) is 8.48. The summed E-state index contributed by atoms with van der Waals surface area (Å²) in [5.74, 6) is -4.08. The quantitative estimate of drug-likeness (QED) is 0.364. The van der Waals surface area contributed by atoms with Crippen molar-refractivity contribution in [3.05, 3.63) is 95.6 Å². The van der Waals surface area contributed by atoms with Crippen LogP contribution in [0.1, 0.15) is 11.1 Å². The number of amides is 2. The van der Waals surface area contributed by atoms with Crippen molar-refractivity contribution in [2.75, 3.05) is 11.2 Å². The van der Waals surface area contributed by atoms with Crippen LogP contribution >= 0.6 is 11.8 Å². The Hall–Kier alpha value is -4.06. The molecule has 204 valence electrons. The fraction of sp³-hybridized carbons (Fsp3) is 0.222. The van der Waals surface area contributed by atoms with Crippen LogP contribution in [0, 0.1) is 11.6 Å². The average molecular weight is 561 g/mol. The number of carbonyl (C=O) groups excluding carboxylic acids is 2. The number of halogens is 3. The van der Waals surface area contributed by atoms with E-state index in [4.69, 9.17) is 26.0 Å². The summed E-state index contributed by atoms with van der Waals surface area (Å²) in [6.45, 7) is -0.691. The number of hydrogen-bond acceptors (Lipinski definition) is 6. The number of carbonyl (C=O) groups is 3. The van der Waals surface area contributed by atoms with Gasteiger partial charge in [-0.3, -0.25) is 9.59 Å². The van der Waals surface area contributed by atoms with Crippen LogP contribution in [0.15, 0.2) is 72.8 Å². The molecule has 0 aliphatic carbocycles. The molecule has 39 heavy (non-hydrogen) atoms. The van der Waals surface area contributed by atoms with Crippen molar-refractivity contribution in [2.24, 2.45) is 0 Å². The number of ether oxygens (including phenoxy) is 3. The molecule has 1 unspecified atom stereocenters. The Bertz CT molecular complexity index is 1310. The van der Waals surface area contributed by atoms with Crippen molar-refractivity contribution in [3.8, 4) is 5.75 Å². The zero-order valence-corrected chi connectivity index (χ0v) is 21.0. The second-order valence-corrected chi connectivity index (χ2v) is 8.82. The molecule has 3 aromatic rings. The van der Waals surface area contributed by atoms with Crippen LogP contribution in [0.3, 0.4) is 0 Å². The highest BCUT2D eigenvalue weighted by Crippen LogP contribution is 2.23. The van der Waals surface area contributed by atoms with Crippen molar-refractivity contribution < 1.29 is 42.5 Å². The predicted octanol–water partition coefficient (Wildman–Crippen LogP) is 3.58. The SMILES string of the molecule is O=C(O)C(Cc1ccc(OCc2c(F)cccc2F)cc1)NC(=O)[C@@H]1OCO[C@H]1C(=O)N(Cl)c1ccccc1. The minimum atomic E-state index is -1.42. The van der Waals surface area contributed by atoms with Gasteiger partial charge >= 0.3 is 5.97 Å². The van der Waals surface area contributed by atoms with Gasteiger partial charge in [-0.05, 0) is 42.0 Å². The fourth-order valence-electron chi connectivity index (χ4n) is 3.81. The Kier molecular flexibility index (Phi) is 9.07. The van der Waals surface area contributed by atoms with Gasteiger partial charge in [-0.15, -0.1) is 0 Å². The highest BCUT2D eigenvalue weighted by atomic mass is 35.5. The molecule has 1 heterocycles. The van der Waals surface area contributed by atoms with Crippen molar-refractivity contribution in [1.29, 1.82) is 0 Å². The first-order chi connectivity index (χ1) is 18.7. The summed E-state index contributed by atoms with van der Waals surface area (Å²) in [4.78, 5) is 37.6. The molecule has 0 aromatic heterocycles. The van der Waals surface area contributed by atoms with Gasteiger partial charge in [0.05, 0.1) is 11.3 Å². The molecule has 0 saturated carbocycles. The van der Waals surface area contributed by atoms with Gasteiger partial charge in [0.15, 0.2) is 12.2 Å². The fourth-order valence-corrected chi connectivity index (χ4v) is 4.02. The van der Waals surface area contributed by atoms with E-state index < -0.39 is 47.7 Å². The first-order valence-corrected chi connectivity index (χ1v) is 12.0. The van der Waals surface area contributed by atoms with E-state index in [0.717, 1.165) is 16.6 Å². The Morgan fingerprint density at radius 3 is 2.26 bits per heavy atom. The minimum absolute atomic E-state index is 0.110.